The summed E-state index contributed by atoms with van der Waals surface area (Å²) >= 11 is 0. The molecule has 2 rings (SSSR count). The zero-order valence-corrected chi connectivity index (χ0v) is 16.4. The van der Waals surface area contributed by atoms with Gasteiger partial charge in [-0.05, 0) is 13.0 Å². The van der Waals surface area contributed by atoms with Crippen LogP contribution < -0.4 is 14.8 Å². The zero-order chi connectivity index (χ0) is 25.4. The fraction of sp³-hybridized carbons (Fsp3) is 0.438. The maximum Gasteiger partial charge on any atom is 0.460 e. The number of hydrogen-bond acceptors (Lipinski definition) is 5. The summed E-state index contributed by atoms with van der Waals surface area (Å²) in [4.78, 5) is 15.8. The molecule has 0 aromatic carbocycles. The van der Waals surface area contributed by atoms with Crippen molar-refractivity contribution in [1.29, 1.82) is 5.26 Å². The van der Waals surface area contributed by atoms with E-state index in [2.05, 4.69) is 20.2 Å². The fourth-order valence-electron chi connectivity index (χ4n) is 2.27. The van der Waals surface area contributed by atoms with E-state index in [1.807, 2.05) is 0 Å². The van der Waals surface area contributed by atoms with Gasteiger partial charge in [0.1, 0.15) is 11.6 Å². The van der Waals surface area contributed by atoms with Gasteiger partial charge < -0.3 is 4.74 Å². The highest BCUT2D eigenvalue weighted by Crippen LogP contribution is 2.53. The van der Waals surface area contributed by atoms with E-state index in [9.17, 15) is 44.3 Å². The first-order valence-electron chi connectivity index (χ1n) is 8.40. The predicted molar refractivity (Wildman–Crippen MR) is 87.2 cm³/mol. The number of aromatic nitrogens is 4. The van der Waals surface area contributed by atoms with Crippen LogP contribution in [0.2, 0.25) is 0 Å². The van der Waals surface area contributed by atoms with Gasteiger partial charge in [-0.1, -0.05) is 0 Å². The van der Waals surface area contributed by atoms with Crippen molar-refractivity contribution in [3.63, 3.8) is 0 Å². The molecule has 0 unspecified atom stereocenters. The number of alkyl halides is 9. The Bertz CT molecular complexity index is 1090. The second kappa shape index (κ2) is 8.41. The lowest BCUT2D eigenvalue weighted by molar-refractivity contribution is -0.642. The summed E-state index contributed by atoms with van der Waals surface area (Å²) in [5.74, 6) is -22.0. The Balaban J connectivity index is 2.28. The molecule has 0 saturated carbocycles. The van der Waals surface area contributed by atoms with Gasteiger partial charge in [-0.2, -0.15) is 44.8 Å². The molecule has 0 aliphatic rings. The monoisotopic (exact) mass is 491 g/mol. The van der Waals surface area contributed by atoms with Crippen molar-refractivity contribution in [3.05, 3.63) is 35.5 Å². The number of halogens is 9. The van der Waals surface area contributed by atoms with E-state index < -0.39 is 47.9 Å². The van der Waals surface area contributed by atoms with Crippen LogP contribution in [0.5, 0.6) is 5.88 Å². The Kier molecular flexibility index (Phi) is 6.54. The van der Waals surface area contributed by atoms with Gasteiger partial charge in [0.2, 0.25) is 12.2 Å². The van der Waals surface area contributed by atoms with Crippen LogP contribution in [-0.2, 0) is 7.05 Å². The Morgan fingerprint density at radius 3 is 2.27 bits per heavy atom. The van der Waals surface area contributed by atoms with Crippen LogP contribution in [-0.4, -0.2) is 51.2 Å². The van der Waals surface area contributed by atoms with Crippen molar-refractivity contribution in [3.8, 4) is 11.9 Å². The minimum Gasteiger partial charge on any atom is -0.470 e. The van der Waals surface area contributed by atoms with E-state index in [4.69, 9.17) is 5.26 Å². The summed E-state index contributed by atoms with van der Waals surface area (Å²) in [5, 5.41) is 12.9. The largest absolute Gasteiger partial charge is 0.470 e. The molecule has 17 heteroatoms. The van der Waals surface area contributed by atoms with Crippen LogP contribution in [0.1, 0.15) is 21.6 Å². The molecule has 1 amide bonds. The van der Waals surface area contributed by atoms with Crippen LogP contribution >= 0.6 is 0 Å². The fourth-order valence-corrected chi connectivity index (χ4v) is 2.27. The minimum atomic E-state index is -7.08. The second-order valence-electron chi connectivity index (χ2n) is 6.49. The average Bonchev–Trinajstić information content (AvgIpc) is 3.09. The number of carbonyl (C=O) groups excluding carboxylic acids is 1. The van der Waals surface area contributed by atoms with E-state index in [1.54, 1.807) is 0 Å². The lowest BCUT2D eigenvalue weighted by Crippen LogP contribution is -2.62. The van der Waals surface area contributed by atoms with Crippen LogP contribution in [0.3, 0.4) is 0 Å². The molecule has 180 valence electrons. The number of nitrogens with zero attached hydrogens (tertiary/aromatic N) is 5. The van der Waals surface area contributed by atoms with Gasteiger partial charge in [-0.15, -0.1) is 9.36 Å². The molecular weight excluding hydrogens is 479 g/mol. The molecule has 8 nitrogen and oxygen atoms in total. The van der Waals surface area contributed by atoms with Crippen molar-refractivity contribution in [2.24, 2.45) is 7.05 Å². The summed E-state index contributed by atoms with van der Waals surface area (Å²) < 4.78 is 123. The molecule has 0 aliphatic heterocycles. The van der Waals surface area contributed by atoms with Gasteiger partial charge in [0.15, 0.2) is 6.61 Å². The zero-order valence-electron chi connectivity index (χ0n) is 16.4. The molecule has 0 bridgehead atoms. The van der Waals surface area contributed by atoms with Gasteiger partial charge in [-0.3, -0.25) is 4.79 Å². The minimum absolute atomic E-state index is 0.276. The van der Waals surface area contributed by atoms with Gasteiger partial charge in [0.05, 0.1) is 18.3 Å². The molecule has 0 saturated heterocycles. The summed E-state index contributed by atoms with van der Waals surface area (Å²) in [7, 11) is 1.53. The molecule has 0 fully saturated rings. The summed E-state index contributed by atoms with van der Waals surface area (Å²) in [6.45, 7) is -1.55. The van der Waals surface area contributed by atoms with E-state index in [-0.39, 0.29) is 11.3 Å². The Morgan fingerprint density at radius 1 is 1.18 bits per heavy atom. The molecule has 1 N–H and O–H groups in total. The maximum atomic E-state index is 13.7. The smallest absolute Gasteiger partial charge is 0.460 e. The third kappa shape index (κ3) is 4.78. The third-order valence-corrected chi connectivity index (χ3v) is 4.02. The molecule has 0 radical (unpaired) electrons. The number of rotatable bonds is 7. The van der Waals surface area contributed by atoms with E-state index in [0.717, 1.165) is 17.7 Å². The SMILES string of the molecule is Cc1nc(OCC(F)(F)C(F)(F)C(F)(F)C(F)(F)F)c(C#N)cc1C(=O)N[n+]1cnn(C)c1. The van der Waals surface area contributed by atoms with Crippen molar-refractivity contribution in [2.45, 2.75) is 30.9 Å². The molecular formula is C16H12F9N6O2+. The topological polar surface area (TPSA) is 96.7 Å². The van der Waals surface area contributed by atoms with Crippen LogP contribution in [0, 0.1) is 18.3 Å². The number of amides is 1. The Hall–Kier alpha value is -3.58. The Labute approximate surface area is 178 Å². The molecule has 33 heavy (non-hydrogen) atoms. The quantitative estimate of drug-likeness (QED) is 0.475. The highest BCUT2D eigenvalue weighted by molar-refractivity contribution is 6.00. The molecule has 2 aromatic rings. The predicted octanol–water partition coefficient (Wildman–Crippen LogP) is 2.51. The molecule has 0 aliphatic carbocycles. The van der Waals surface area contributed by atoms with E-state index in [0.29, 0.717) is 0 Å². The van der Waals surface area contributed by atoms with Gasteiger partial charge in [0, 0.05) is 5.10 Å². The summed E-state index contributed by atoms with van der Waals surface area (Å²) in [6, 6.07) is 2.13. The summed E-state index contributed by atoms with van der Waals surface area (Å²) in [5.41, 5.74) is 0.960. The first-order chi connectivity index (χ1) is 14.9. The number of ether oxygens (including phenoxy) is 1. The Morgan fingerprint density at radius 2 is 1.79 bits per heavy atom. The first kappa shape index (κ1) is 25.7. The van der Waals surface area contributed by atoms with Gasteiger partial charge in [-0.25, -0.2) is 10.4 Å². The standard InChI is InChI=1S/C16H11F9N6O2/c1-8-10(11(32)29-31-6-27-30(2)7-31)3-9(4-26)12(28-8)33-5-13(17,18)14(19,20)15(21,22)16(23,24)25/h3,6-7H,5H2,1-2H3/p+1. The lowest BCUT2D eigenvalue weighted by Gasteiger charge is -2.33. The number of hydrogen-bond donors (Lipinski definition) is 1. The van der Waals surface area contributed by atoms with Crippen LogP contribution in [0.4, 0.5) is 39.5 Å². The highest BCUT2D eigenvalue weighted by Gasteiger charge is 2.81. The van der Waals surface area contributed by atoms with Crippen molar-refractivity contribution in [2.75, 3.05) is 12.0 Å². The number of carbonyl (C=O) groups is 1. The molecule has 0 spiro atoms. The van der Waals surface area contributed by atoms with E-state index >= 15 is 0 Å². The maximum absolute atomic E-state index is 13.7. The van der Waals surface area contributed by atoms with Crippen LogP contribution in [0.25, 0.3) is 0 Å². The van der Waals surface area contributed by atoms with E-state index in [1.165, 1.54) is 30.5 Å². The number of nitrogens with one attached hydrogen (secondary N) is 1. The number of aryl methyl sites for hydroxylation is 2. The van der Waals surface area contributed by atoms with Gasteiger partial charge in [0.25, 0.3) is 12.2 Å². The molecule has 2 aromatic heterocycles. The molecule has 2 heterocycles. The summed E-state index contributed by atoms with van der Waals surface area (Å²) in [6.07, 6.45) is -4.47. The lowest BCUT2D eigenvalue weighted by atomic mass is 10.0. The third-order valence-electron chi connectivity index (χ3n) is 4.02. The second-order valence-corrected chi connectivity index (χ2v) is 6.49. The first-order valence-corrected chi connectivity index (χ1v) is 8.40. The molecule has 0 atom stereocenters. The van der Waals surface area contributed by atoms with Crippen molar-refractivity contribution in [1.82, 2.24) is 14.8 Å². The average molecular weight is 491 g/mol. The van der Waals surface area contributed by atoms with Gasteiger partial charge >= 0.3 is 23.9 Å². The highest BCUT2D eigenvalue weighted by atomic mass is 19.4. The van der Waals surface area contributed by atoms with Crippen LogP contribution in [0.15, 0.2) is 18.7 Å². The van der Waals surface area contributed by atoms with Crippen molar-refractivity contribution >= 4 is 5.91 Å². The number of pyridine rings is 1. The van der Waals surface area contributed by atoms with Crippen molar-refractivity contribution < 1.29 is 53.7 Å². The normalized spacial score (nSPS) is 12.9. The number of nitriles is 1.